The number of rotatable bonds is 1. The van der Waals surface area contributed by atoms with Crippen LogP contribution in [0.3, 0.4) is 0 Å². The first-order valence-corrected chi connectivity index (χ1v) is 4.41. The zero-order chi connectivity index (χ0) is 10.1. The number of hydrogen-bond acceptors (Lipinski definition) is 4. The van der Waals surface area contributed by atoms with Crippen molar-refractivity contribution in [1.82, 2.24) is 19.7 Å². The van der Waals surface area contributed by atoms with Gasteiger partial charge in [-0.3, -0.25) is 4.79 Å². The standard InChI is InChI=1S/C8H8N4OS/c1-12-7(10-11-8(12)14)5-3-2-4-6(13)9-5/h2-4H,1H3,(H,9,13)(H,11,14). The van der Waals surface area contributed by atoms with Crippen molar-refractivity contribution in [3.8, 4) is 11.5 Å². The summed E-state index contributed by atoms with van der Waals surface area (Å²) in [6.07, 6.45) is 0. The number of H-pyrrole nitrogens is 1. The highest BCUT2D eigenvalue weighted by molar-refractivity contribution is 7.80. The Labute approximate surface area is 85.2 Å². The number of aromatic amines is 1. The van der Waals surface area contributed by atoms with Gasteiger partial charge in [0.2, 0.25) is 5.56 Å². The molecule has 0 aliphatic carbocycles. The number of pyridine rings is 1. The van der Waals surface area contributed by atoms with E-state index in [0.717, 1.165) is 0 Å². The zero-order valence-corrected chi connectivity index (χ0v) is 8.32. The van der Waals surface area contributed by atoms with Crippen LogP contribution in [-0.2, 0) is 7.05 Å². The molecule has 1 N–H and O–H groups in total. The van der Waals surface area contributed by atoms with E-state index in [0.29, 0.717) is 16.7 Å². The molecule has 5 nitrogen and oxygen atoms in total. The molecule has 2 rings (SSSR count). The van der Waals surface area contributed by atoms with Crippen molar-refractivity contribution in [3.63, 3.8) is 0 Å². The molecule has 0 aliphatic heterocycles. The Balaban J connectivity index is 2.60. The van der Waals surface area contributed by atoms with Gasteiger partial charge in [0.25, 0.3) is 0 Å². The van der Waals surface area contributed by atoms with Gasteiger partial charge in [0.05, 0.1) is 5.69 Å². The van der Waals surface area contributed by atoms with Gasteiger partial charge in [-0.15, -0.1) is 22.8 Å². The third-order valence-corrected chi connectivity index (χ3v) is 2.25. The lowest BCUT2D eigenvalue weighted by atomic mass is 10.3. The minimum atomic E-state index is -0.161. The van der Waals surface area contributed by atoms with Gasteiger partial charge >= 0.3 is 0 Å². The third-order valence-electron chi connectivity index (χ3n) is 1.86. The van der Waals surface area contributed by atoms with E-state index < -0.39 is 0 Å². The van der Waals surface area contributed by atoms with Crippen molar-refractivity contribution in [2.75, 3.05) is 0 Å². The summed E-state index contributed by atoms with van der Waals surface area (Å²) in [5.74, 6) is 0.590. The maximum absolute atomic E-state index is 11.0. The van der Waals surface area contributed by atoms with E-state index >= 15 is 0 Å². The molecule has 6 heteroatoms. The number of nitrogens with zero attached hydrogens (tertiary/aromatic N) is 3. The summed E-state index contributed by atoms with van der Waals surface area (Å²) < 4.78 is 1.69. The molecule has 2 aromatic heterocycles. The van der Waals surface area contributed by atoms with Crippen LogP contribution in [0.25, 0.3) is 11.5 Å². The van der Waals surface area contributed by atoms with E-state index in [1.165, 1.54) is 6.07 Å². The minimum absolute atomic E-state index is 0.161. The SMILES string of the molecule is Cn1c(S)nnc1-c1cccc(=O)[nH]1. The van der Waals surface area contributed by atoms with Crippen LogP contribution in [0.15, 0.2) is 28.2 Å². The van der Waals surface area contributed by atoms with Crippen LogP contribution in [0, 0.1) is 0 Å². The van der Waals surface area contributed by atoms with Crippen molar-refractivity contribution >= 4 is 12.6 Å². The lowest BCUT2D eigenvalue weighted by Crippen LogP contribution is -2.05. The van der Waals surface area contributed by atoms with Gasteiger partial charge in [-0.25, -0.2) is 0 Å². The van der Waals surface area contributed by atoms with Crippen molar-refractivity contribution in [2.24, 2.45) is 7.05 Å². The smallest absolute Gasteiger partial charge is 0.248 e. The van der Waals surface area contributed by atoms with Crippen molar-refractivity contribution < 1.29 is 0 Å². The van der Waals surface area contributed by atoms with Crippen LogP contribution in [0.5, 0.6) is 0 Å². The molecule has 2 heterocycles. The van der Waals surface area contributed by atoms with Crippen LogP contribution >= 0.6 is 12.6 Å². The van der Waals surface area contributed by atoms with Gasteiger partial charge in [0, 0.05) is 13.1 Å². The predicted molar refractivity (Wildman–Crippen MR) is 54.3 cm³/mol. The molecule has 0 spiro atoms. The highest BCUT2D eigenvalue weighted by Gasteiger charge is 2.07. The molecule has 0 saturated heterocycles. The zero-order valence-electron chi connectivity index (χ0n) is 7.43. The van der Waals surface area contributed by atoms with Crippen molar-refractivity contribution in [1.29, 1.82) is 0 Å². The average Bonchev–Trinajstić information content (AvgIpc) is 2.48. The van der Waals surface area contributed by atoms with E-state index in [4.69, 9.17) is 0 Å². The first-order chi connectivity index (χ1) is 6.68. The topological polar surface area (TPSA) is 63.6 Å². The fourth-order valence-electron chi connectivity index (χ4n) is 1.13. The van der Waals surface area contributed by atoms with E-state index in [1.807, 2.05) is 0 Å². The highest BCUT2D eigenvalue weighted by Crippen LogP contribution is 2.13. The molecule has 0 fully saturated rings. The largest absolute Gasteiger partial charge is 0.319 e. The van der Waals surface area contributed by atoms with Crippen molar-refractivity contribution in [3.05, 3.63) is 28.6 Å². The van der Waals surface area contributed by atoms with Crippen LogP contribution < -0.4 is 5.56 Å². The second-order valence-electron chi connectivity index (χ2n) is 2.81. The van der Waals surface area contributed by atoms with Crippen molar-refractivity contribution in [2.45, 2.75) is 5.16 Å². The van der Waals surface area contributed by atoms with Gasteiger partial charge < -0.3 is 9.55 Å². The Morgan fingerprint density at radius 3 is 2.79 bits per heavy atom. The molecule has 14 heavy (non-hydrogen) atoms. The summed E-state index contributed by atoms with van der Waals surface area (Å²) in [6, 6.07) is 4.88. The number of aromatic nitrogens is 4. The molecule has 0 radical (unpaired) electrons. The van der Waals surface area contributed by atoms with E-state index in [2.05, 4.69) is 27.8 Å². The van der Waals surface area contributed by atoms with Crippen LogP contribution in [0.4, 0.5) is 0 Å². The first kappa shape index (κ1) is 9.01. The Hall–Kier alpha value is -1.56. The molecule has 72 valence electrons. The van der Waals surface area contributed by atoms with Gasteiger partial charge in [0.15, 0.2) is 11.0 Å². The maximum Gasteiger partial charge on any atom is 0.248 e. The minimum Gasteiger partial charge on any atom is -0.319 e. The first-order valence-electron chi connectivity index (χ1n) is 3.96. The predicted octanol–water partition coefficient (Wildman–Crippen LogP) is 0.459. The molecule has 2 aromatic rings. The van der Waals surface area contributed by atoms with Gasteiger partial charge in [-0.2, -0.15) is 0 Å². The second-order valence-corrected chi connectivity index (χ2v) is 3.21. The molecule has 0 amide bonds. The third kappa shape index (κ3) is 1.44. The van der Waals surface area contributed by atoms with Crippen LogP contribution in [-0.4, -0.2) is 19.7 Å². The average molecular weight is 208 g/mol. The van der Waals surface area contributed by atoms with Crippen LogP contribution in [0.1, 0.15) is 0 Å². The van der Waals surface area contributed by atoms with Gasteiger partial charge in [-0.1, -0.05) is 6.07 Å². The number of thiol groups is 1. The molecule has 0 saturated carbocycles. The van der Waals surface area contributed by atoms with Gasteiger partial charge in [-0.05, 0) is 6.07 Å². The lowest BCUT2D eigenvalue weighted by Gasteiger charge is -1.99. The summed E-state index contributed by atoms with van der Waals surface area (Å²) in [5, 5.41) is 8.17. The summed E-state index contributed by atoms with van der Waals surface area (Å²) in [7, 11) is 1.78. The van der Waals surface area contributed by atoms with E-state index in [1.54, 1.807) is 23.7 Å². The number of hydrogen-bond donors (Lipinski definition) is 2. The van der Waals surface area contributed by atoms with E-state index in [-0.39, 0.29) is 5.56 Å². The molecule has 0 bridgehead atoms. The molecule has 0 unspecified atom stereocenters. The Morgan fingerprint density at radius 1 is 1.43 bits per heavy atom. The monoisotopic (exact) mass is 208 g/mol. The maximum atomic E-state index is 11.0. The summed E-state index contributed by atoms with van der Waals surface area (Å²) >= 11 is 4.09. The molecule has 0 atom stereocenters. The van der Waals surface area contributed by atoms with Crippen LogP contribution in [0.2, 0.25) is 0 Å². The summed E-state index contributed by atoms with van der Waals surface area (Å²) in [6.45, 7) is 0. The normalized spacial score (nSPS) is 10.4. The lowest BCUT2D eigenvalue weighted by molar-refractivity contribution is 0.796. The molecular formula is C8H8N4OS. The highest BCUT2D eigenvalue weighted by atomic mass is 32.1. The fraction of sp³-hybridized carbons (Fsp3) is 0.125. The van der Waals surface area contributed by atoms with Gasteiger partial charge in [0.1, 0.15) is 0 Å². The molecule has 0 aliphatic rings. The Kier molecular flexibility index (Phi) is 2.12. The Morgan fingerprint density at radius 2 is 2.21 bits per heavy atom. The quantitative estimate of drug-likeness (QED) is 0.669. The summed E-state index contributed by atoms with van der Waals surface area (Å²) in [5.41, 5.74) is 0.471. The number of nitrogens with one attached hydrogen (secondary N) is 1. The van der Waals surface area contributed by atoms with E-state index in [9.17, 15) is 4.79 Å². The second kappa shape index (κ2) is 3.30. The Bertz CT molecular complexity index is 516. The fourth-order valence-corrected chi connectivity index (χ4v) is 1.27. The summed E-state index contributed by atoms with van der Waals surface area (Å²) in [4.78, 5) is 13.7. The molecular weight excluding hydrogens is 200 g/mol. The molecule has 0 aromatic carbocycles.